The lowest BCUT2D eigenvalue weighted by atomic mass is 10.1. The molecule has 29 heavy (non-hydrogen) atoms. The summed E-state index contributed by atoms with van der Waals surface area (Å²) in [6, 6.07) is 8.73. The van der Waals surface area contributed by atoms with Crippen LogP contribution < -0.4 is 15.2 Å². The number of nitrogens with zero attached hydrogens (tertiary/aromatic N) is 4. The minimum atomic E-state index is -5.03. The van der Waals surface area contributed by atoms with Crippen molar-refractivity contribution in [3.63, 3.8) is 0 Å². The van der Waals surface area contributed by atoms with Crippen LogP contribution in [0.4, 0.5) is 22.0 Å². The number of benzene rings is 2. The lowest BCUT2D eigenvalue weighted by molar-refractivity contribution is -0.275. The largest absolute Gasteiger partial charge is 0.573 e. The molecule has 0 aliphatic heterocycles. The third-order valence-corrected chi connectivity index (χ3v) is 3.81. The highest BCUT2D eigenvalue weighted by molar-refractivity contribution is 5.49. The van der Waals surface area contributed by atoms with E-state index in [1.54, 1.807) is 0 Å². The fourth-order valence-electron chi connectivity index (χ4n) is 2.52. The van der Waals surface area contributed by atoms with Crippen LogP contribution in [0.15, 0.2) is 47.3 Å². The summed E-state index contributed by atoms with van der Waals surface area (Å²) in [7, 11) is 1.30. The second kappa shape index (κ2) is 7.89. The van der Waals surface area contributed by atoms with Gasteiger partial charge in [0.1, 0.15) is 18.1 Å². The number of para-hydroxylation sites is 1. The van der Waals surface area contributed by atoms with E-state index in [1.165, 1.54) is 37.4 Å². The Hall–Kier alpha value is -3.44. The lowest BCUT2D eigenvalue weighted by Crippen LogP contribution is -2.24. The molecule has 2 aromatic carbocycles. The summed E-state index contributed by atoms with van der Waals surface area (Å²) < 4.78 is 75.7. The number of hydrogen-bond donors (Lipinski definition) is 0. The molecule has 0 spiro atoms. The molecule has 0 atom stereocenters. The Kier molecular flexibility index (Phi) is 5.52. The quantitative estimate of drug-likeness (QED) is 0.577. The number of halogens is 5. The predicted octanol–water partition coefficient (Wildman–Crippen LogP) is 3.38. The summed E-state index contributed by atoms with van der Waals surface area (Å²) in [6.07, 6.45) is -7.88. The van der Waals surface area contributed by atoms with Crippen LogP contribution in [0.5, 0.6) is 11.5 Å². The molecule has 0 N–H and O–H groups in total. The van der Waals surface area contributed by atoms with E-state index < -0.39 is 36.4 Å². The average molecular weight is 416 g/mol. The van der Waals surface area contributed by atoms with Crippen LogP contribution in [0.2, 0.25) is 0 Å². The van der Waals surface area contributed by atoms with Gasteiger partial charge in [0, 0.05) is 7.05 Å². The molecule has 7 nitrogen and oxygen atoms in total. The zero-order valence-corrected chi connectivity index (χ0v) is 14.7. The maximum Gasteiger partial charge on any atom is 0.573 e. The molecule has 0 unspecified atom stereocenters. The molecule has 0 radical (unpaired) electrons. The number of tetrazole rings is 1. The van der Waals surface area contributed by atoms with Gasteiger partial charge in [-0.15, -0.1) is 13.2 Å². The molecule has 0 fully saturated rings. The monoisotopic (exact) mass is 416 g/mol. The molecular formula is C17H13F5N4O3. The van der Waals surface area contributed by atoms with Crippen LogP contribution in [0.3, 0.4) is 0 Å². The molecule has 12 heteroatoms. The van der Waals surface area contributed by atoms with E-state index in [2.05, 4.69) is 15.2 Å². The minimum Gasteiger partial charge on any atom is -0.488 e. The molecule has 1 heterocycles. The van der Waals surface area contributed by atoms with Crippen molar-refractivity contribution in [2.24, 2.45) is 7.05 Å². The average Bonchev–Trinajstić information content (AvgIpc) is 2.98. The number of alkyl halides is 5. The molecule has 154 valence electrons. The maximum absolute atomic E-state index is 13.1. The van der Waals surface area contributed by atoms with Crippen LogP contribution >= 0.6 is 0 Å². The molecule has 3 aromatic rings. The summed E-state index contributed by atoms with van der Waals surface area (Å²) in [4.78, 5) is 12.1. The molecule has 0 aliphatic carbocycles. The van der Waals surface area contributed by atoms with Crippen molar-refractivity contribution in [2.75, 3.05) is 0 Å². The number of aryl methyl sites for hydroxylation is 1. The maximum atomic E-state index is 13.1. The van der Waals surface area contributed by atoms with Crippen LogP contribution in [0.25, 0.3) is 5.69 Å². The van der Waals surface area contributed by atoms with Crippen molar-refractivity contribution in [1.29, 1.82) is 0 Å². The highest BCUT2D eigenvalue weighted by atomic mass is 19.4. The van der Waals surface area contributed by atoms with Crippen LogP contribution in [0, 0.1) is 0 Å². The van der Waals surface area contributed by atoms with Gasteiger partial charge in [-0.25, -0.2) is 13.6 Å². The van der Waals surface area contributed by atoms with E-state index >= 15 is 0 Å². The van der Waals surface area contributed by atoms with Crippen molar-refractivity contribution >= 4 is 0 Å². The third-order valence-electron chi connectivity index (χ3n) is 3.81. The number of ether oxygens (including phenoxy) is 2. The summed E-state index contributed by atoms with van der Waals surface area (Å²) in [6.45, 7) is -0.603. The fourth-order valence-corrected chi connectivity index (χ4v) is 2.52. The summed E-state index contributed by atoms with van der Waals surface area (Å²) in [5.41, 5.74) is -1.49. The molecular weight excluding hydrogens is 403 g/mol. The molecule has 3 rings (SSSR count). The third kappa shape index (κ3) is 4.52. The standard InChI is InChI=1S/C17H13F5N4O3/c1-25-16(27)26(24-23-25)12-6-4-8-14(29-17(20,21)22)11(12)9-28-13-7-3-2-5-10(13)15(18)19/h2-8,15H,9H2,1H3. The Bertz CT molecular complexity index is 1060. The van der Waals surface area contributed by atoms with Gasteiger partial charge in [0.05, 0.1) is 16.8 Å². The van der Waals surface area contributed by atoms with Crippen molar-refractivity contribution in [3.05, 3.63) is 64.1 Å². The van der Waals surface area contributed by atoms with Crippen LogP contribution in [0.1, 0.15) is 17.6 Å². The molecule has 0 saturated carbocycles. The van der Waals surface area contributed by atoms with Crippen LogP contribution in [-0.2, 0) is 13.7 Å². The van der Waals surface area contributed by atoms with Gasteiger partial charge < -0.3 is 9.47 Å². The van der Waals surface area contributed by atoms with E-state index in [4.69, 9.17) is 4.74 Å². The number of rotatable bonds is 6. The van der Waals surface area contributed by atoms with E-state index in [0.717, 1.165) is 21.5 Å². The lowest BCUT2D eigenvalue weighted by Gasteiger charge is -2.17. The smallest absolute Gasteiger partial charge is 0.488 e. The Balaban J connectivity index is 2.05. The number of hydrogen-bond acceptors (Lipinski definition) is 5. The van der Waals surface area contributed by atoms with E-state index in [9.17, 15) is 26.7 Å². The number of aromatic nitrogens is 4. The van der Waals surface area contributed by atoms with Gasteiger partial charge in [-0.05, 0) is 34.7 Å². The normalized spacial score (nSPS) is 11.7. The van der Waals surface area contributed by atoms with Gasteiger partial charge in [-0.1, -0.05) is 18.2 Å². The van der Waals surface area contributed by atoms with Crippen molar-refractivity contribution in [2.45, 2.75) is 19.4 Å². The zero-order valence-electron chi connectivity index (χ0n) is 14.7. The summed E-state index contributed by atoms with van der Waals surface area (Å²) in [5, 5.41) is 7.10. The zero-order chi connectivity index (χ0) is 21.2. The SMILES string of the molecule is Cn1nnn(-c2cccc(OC(F)(F)F)c2COc2ccccc2C(F)F)c1=O. The van der Waals surface area contributed by atoms with Gasteiger partial charge in [0.25, 0.3) is 6.43 Å². The Morgan fingerprint density at radius 2 is 1.72 bits per heavy atom. The Morgan fingerprint density at radius 1 is 1.03 bits per heavy atom. The summed E-state index contributed by atoms with van der Waals surface area (Å²) in [5.74, 6) is -0.885. The first-order valence-electron chi connectivity index (χ1n) is 8.04. The first kappa shape index (κ1) is 20.3. The molecule has 0 aliphatic rings. The molecule has 0 amide bonds. The molecule has 1 aromatic heterocycles. The van der Waals surface area contributed by atoms with Gasteiger partial charge in [0.15, 0.2) is 0 Å². The summed E-state index contributed by atoms with van der Waals surface area (Å²) >= 11 is 0. The topological polar surface area (TPSA) is 71.2 Å². The van der Waals surface area contributed by atoms with Crippen molar-refractivity contribution in [1.82, 2.24) is 19.8 Å². The van der Waals surface area contributed by atoms with Gasteiger partial charge in [-0.2, -0.15) is 9.36 Å². The van der Waals surface area contributed by atoms with E-state index in [-0.39, 0.29) is 17.0 Å². The Morgan fingerprint density at radius 3 is 2.34 bits per heavy atom. The predicted molar refractivity (Wildman–Crippen MR) is 89.0 cm³/mol. The first-order valence-corrected chi connectivity index (χ1v) is 8.04. The Labute approximate surface area is 159 Å². The van der Waals surface area contributed by atoms with E-state index in [1.807, 2.05) is 0 Å². The van der Waals surface area contributed by atoms with E-state index in [0.29, 0.717) is 0 Å². The van der Waals surface area contributed by atoms with Gasteiger partial charge in [0.2, 0.25) is 0 Å². The highest BCUT2D eigenvalue weighted by Gasteiger charge is 2.33. The second-order valence-corrected chi connectivity index (χ2v) is 5.73. The minimum absolute atomic E-state index is 0.0978. The van der Waals surface area contributed by atoms with Crippen molar-refractivity contribution < 1.29 is 31.4 Å². The highest BCUT2D eigenvalue weighted by Crippen LogP contribution is 2.33. The van der Waals surface area contributed by atoms with Gasteiger partial charge >= 0.3 is 12.1 Å². The first-order chi connectivity index (χ1) is 13.7. The second-order valence-electron chi connectivity index (χ2n) is 5.73. The molecule has 0 saturated heterocycles. The van der Waals surface area contributed by atoms with Crippen LogP contribution in [-0.4, -0.2) is 26.2 Å². The van der Waals surface area contributed by atoms with Crippen molar-refractivity contribution in [3.8, 4) is 17.2 Å². The van der Waals surface area contributed by atoms with Gasteiger partial charge in [-0.3, -0.25) is 0 Å². The fraction of sp³-hybridized carbons (Fsp3) is 0.235. The molecule has 0 bridgehead atoms.